The molecule has 5 nitrogen and oxygen atoms in total. The number of rotatable bonds is 2. The van der Waals surface area contributed by atoms with Crippen molar-refractivity contribution >= 4 is 32.5 Å². The van der Waals surface area contributed by atoms with Crippen LogP contribution in [-0.4, -0.2) is 25.5 Å². The highest BCUT2D eigenvalue weighted by Gasteiger charge is 2.27. The normalized spacial score (nSPS) is 14.7. The van der Waals surface area contributed by atoms with Crippen LogP contribution in [0, 0.1) is 12.7 Å². The molecule has 0 unspecified atom stereocenters. The van der Waals surface area contributed by atoms with E-state index in [4.69, 9.17) is 16.3 Å². The van der Waals surface area contributed by atoms with E-state index >= 15 is 0 Å². The van der Waals surface area contributed by atoms with E-state index in [0.29, 0.717) is 47.1 Å². The number of aromatic nitrogens is 1. The minimum Gasteiger partial charge on any atom is -0.492 e. The van der Waals surface area contributed by atoms with Crippen molar-refractivity contribution < 1.29 is 17.5 Å². The minimum absolute atomic E-state index is 0.126. The van der Waals surface area contributed by atoms with Crippen LogP contribution in [0.5, 0.6) is 5.75 Å². The molecule has 8 heteroatoms. The third-order valence-corrected chi connectivity index (χ3v) is 6.74. The largest absolute Gasteiger partial charge is 0.492 e. The molecule has 0 bridgehead atoms. The van der Waals surface area contributed by atoms with E-state index < -0.39 is 15.8 Å². The Hall–Kier alpha value is -2.09. The topological polar surface area (TPSA) is 60.3 Å². The van der Waals surface area contributed by atoms with Crippen LogP contribution < -0.4 is 10.1 Å². The number of fused-ring (bicyclic) bond motifs is 3. The van der Waals surface area contributed by atoms with Gasteiger partial charge in [-0.05, 0) is 37.3 Å². The second-order valence-electron chi connectivity index (χ2n) is 6.09. The molecule has 0 saturated carbocycles. The monoisotopic (exact) mass is 394 g/mol. The number of nitrogens with zero attached hydrogens (tertiary/aromatic N) is 1. The van der Waals surface area contributed by atoms with Crippen molar-refractivity contribution in [3.63, 3.8) is 0 Å². The van der Waals surface area contributed by atoms with E-state index in [9.17, 15) is 12.8 Å². The van der Waals surface area contributed by atoms with Gasteiger partial charge in [-0.2, -0.15) is 0 Å². The average Bonchev–Trinajstić information content (AvgIpc) is 2.77. The van der Waals surface area contributed by atoms with E-state index in [2.05, 4.69) is 5.32 Å². The SMILES string of the molecule is Cc1c(Cl)c2c3c(ccc2n1S(=O)(=O)c1cccc(F)c1)OCCNC3. The maximum atomic E-state index is 13.6. The lowest BCUT2D eigenvalue weighted by Gasteiger charge is -2.11. The Morgan fingerprint density at radius 1 is 1.27 bits per heavy atom. The number of halogens is 2. The first-order chi connectivity index (χ1) is 12.4. The third kappa shape index (κ3) is 2.58. The zero-order valence-electron chi connectivity index (χ0n) is 13.9. The van der Waals surface area contributed by atoms with Crippen LogP contribution in [-0.2, 0) is 16.6 Å². The molecule has 0 amide bonds. The lowest BCUT2D eigenvalue weighted by molar-refractivity contribution is 0.326. The lowest BCUT2D eigenvalue weighted by atomic mass is 10.1. The van der Waals surface area contributed by atoms with Crippen LogP contribution in [0.15, 0.2) is 41.3 Å². The predicted octanol–water partition coefficient (Wildman–Crippen LogP) is 3.46. The quantitative estimate of drug-likeness (QED) is 0.723. The molecule has 136 valence electrons. The van der Waals surface area contributed by atoms with Gasteiger partial charge in [0.2, 0.25) is 0 Å². The van der Waals surface area contributed by atoms with Gasteiger partial charge in [-0.3, -0.25) is 0 Å². The summed E-state index contributed by atoms with van der Waals surface area (Å²) in [6.45, 7) is 3.37. The van der Waals surface area contributed by atoms with Crippen molar-refractivity contribution in [2.45, 2.75) is 18.4 Å². The molecule has 1 aliphatic heterocycles. The highest BCUT2D eigenvalue weighted by Crippen LogP contribution is 2.39. The molecule has 2 aromatic carbocycles. The van der Waals surface area contributed by atoms with E-state index in [-0.39, 0.29) is 4.90 Å². The van der Waals surface area contributed by atoms with Gasteiger partial charge >= 0.3 is 0 Å². The Labute approximate surface area is 155 Å². The summed E-state index contributed by atoms with van der Waals surface area (Å²) in [5.41, 5.74) is 1.65. The second kappa shape index (κ2) is 6.26. The second-order valence-corrected chi connectivity index (χ2v) is 8.25. The molecule has 1 N–H and O–H groups in total. The van der Waals surface area contributed by atoms with E-state index in [1.807, 2.05) is 0 Å². The van der Waals surface area contributed by atoms with Crippen LogP contribution in [0.3, 0.4) is 0 Å². The molecule has 0 aliphatic carbocycles. The molecule has 0 spiro atoms. The summed E-state index contributed by atoms with van der Waals surface area (Å²) in [4.78, 5) is -0.126. The van der Waals surface area contributed by atoms with Crippen LogP contribution in [0.25, 0.3) is 10.9 Å². The highest BCUT2D eigenvalue weighted by molar-refractivity contribution is 7.90. The van der Waals surface area contributed by atoms with Gasteiger partial charge in [0.25, 0.3) is 10.0 Å². The van der Waals surface area contributed by atoms with Gasteiger partial charge in [0.05, 0.1) is 21.1 Å². The summed E-state index contributed by atoms with van der Waals surface area (Å²) in [7, 11) is -4.00. The van der Waals surface area contributed by atoms with Crippen molar-refractivity contribution in [2.75, 3.05) is 13.2 Å². The molecule has 1 aliphatic rings. The van der Waals surface area contributed by atoms with Gasteiger partial charge in [0, 0.05) is 24.0 Å². The molecule has 1 aromatic heterocycles. The first-order valence-corrected chi connectivity index (χ1v) is 9.90. The van der Waals surface area contributed by atoms with Crippen LogP contribution in [0.4, 0.5) is 4.39 Å². The van der Waals surface area contributed by atoms with Crippen molar-refractivity contribution in [1.82, 2.24) is 9.29 Å². The molecule has 0 fully saturated rings. The van der Waals surface area contributed by atoms with Gasteiger partial charge in [-0.15, -0.1) is 0 Å². The van der Waals surface area contributed by atoms with Crippen molar-refractivity contribution in [1.29, 1.82) is 0 Å². The molecule has 26 heavy (non-hydrogen) atoms. The molecule has 0 saturated heterocycles. The van der Waals surface area contributed by atoms with Gasteiger partial charge in [0.1, 0.15) is 18.2 Å². The van der Waals surface area contributed by atoms with E-state index in [1.54, 1.807) is 19.1 Å². The van der Waals surface area contributed by atoms with Gasteiger partial charge in [-0.25, -0.2) is 16.8 Å². The molecule has 4 rings (SSSR count). The number of ether oxygens (including phenoxy) is 1. The first-order valence-electron chi connectivity index (χ1n) is 8.08. The average molecular weight is 395 g/mol. The predicted molar refractivity (Wildman–Crippen MR) is 97.9 cm³/mol. The summed E-state index contributed by atoms with van der Waals surface area (Å²) in [6, 6.07) is 8.37. The Balaban J connectivity index is 2.03. The number of nitrogens with one attached hydrogen (secondary N) is 1. The third-order valence-electron chi connectivity index (χ3n) is 4.48. The van der Waals surface area contributed by atoms with Gasteiger partial charge in [-0.1, -0.05) is 17.7 Å². The van der Waals surface area contributed by atoms with Crippen molar-refractivity contribution in [3.8, 4) is 5.75 Å². The molecule has 3 aromatic rings. The van der Waals surface area contributed by atoms with Crippen LogP contribution in [0.2, 0.25) is 5.02 Å². The van der Waals surface area contributed by atoms with Crippen LogP contribution in [0.1, 0.15) is 11.3 Å². The smallest absolute Gasteiger partial charge is 0.268 e. The molecular formula is C18H16ClFN2O3S. The molecule has 0 radical (unpaired) electrons. The Kier molecular flexibility index (Phi) is 4.17. The maximum absolute atomic E-state index is 13.6. The zero-order chi connectivity index (χ0) is 18.5. The van der Waals surface area contributed by atoms with Gasteiger partial charge < -0.3 is 10.1 Å². The summed E-state index contributed by atoms with van der Waals surface area (Å²) < 4.78 is 46.8. The van der Waals surface area contributed by atoms with Gasteiger partial charge in [0.15, 0.2) is 0 Å². The summed E-state index contributed by atoms with van der Waals surface area (Å²) in [6.07, 6.45) is 0. The fourth-order valence-corrected chi connectivity index (χ4v) is 5.21. The van der Waals surface area contributed by atoms with Crippen molar-refractivity contribution in [3.05, 3.63) is 58.5 Å². The standard InChI is InChI=1S/C18H16ClFN2O3S/c1-11-18(19)17-14-10-21-7-8-25-16(14)6-5-15(17)22(11)26(23,24)13-4-2-3-12(20)9-13/h2-6,9,21H,7-8,10H2,1H3. The minimum atomic E-state index is -4.00. The fraction of sp³-hybridized carbons (Fsp3) is 0.222. The number of hydrogen-bond acceptors (Lipinski definition) is 4. The van der Waals surface area contributed by atoms with Crippen LogP contribution >= 0.6 is 11.6 Å². The Morgan fingerprint density at radius 2 is 2.08 bits per heavy atom. The fourth-order valence-electron chi connectivity index (χ4n) is 3.28. The van der Waals surface area contributed by atoms with E-state index in [1.165, 1.54) is 22.2 Å². The number of hydrogen-bond donors (Lipinski definition) is 1. The molecule has 0 atom stereocenters. The van der Waals surface area contributed by atoms with E-state index in [0.717, 1.165) is 11.6 Å². The lowest BCUT2D eigenvalue weighted by Crippen LogP contribution is -2.16. The summed E-state index contributed by atoms with van der Waals surface area (Å²) in [5, 5.41) is 4.22. The van der Waals surface area contributed by atoms with Crippen molar-refractivity contribution in [2.24, 2.45) is 0 Å². The Bertz CT molecular complexity index is 1130. The number of benzene rings is 2. The molecular weight excluding hydrogens is 379 g/mol. The molecule has 2 heterocycles. The highest BCUT2D eigenvalue weighted by atomic mass is 35.5. The summed E-state index contributed by atoms with van der Waals surface area (Å²) >= 11 is 6.52. The summed E-state index contributed by atoms with van der Waals surface area (Å²) in [5.74, 6) is 0.0717. The Morgan fingerprint density at radius 3 is 2.85 bits per heavy atom. The first kappa shape index (κ1) is 17.3. The zero-order valence-corrected chi connectivity index (χ0v) is 15.5. The maximum Gasteiger partial charge on any atom is 0.268 e.